The number of halogens is 1. The molecule has 1 aromatic heterocycles. The molecule has 1 saturated heterocycles. The third-order valence-electron chi connectivity index (χ3n) is 6.07. The number of hydrogen-bond acceptors (Lipinski definition) is 3. The number of rotatable bonds is 4. The van der Waals surface area contributed by atoms with Crippen LogP contribution in [0.2, 0.25) is 0 Å². The van der Waals surface area contributed by atoms with E-state index in [-0.39, 0.29) is 29.0 Å². The van der Waals surface area contributed by atoms with Gasteiger partial charge in [-0.25, -0.2) is 4.39 Å². The molecule has 28 heavy (non-hydrogen) atoms. The summed E-state index contributed by atoms with van der Waals surface area (Å²) in [6.07, 6.45) is 7.60. The topological polar surface area (TPSA) is 62.3 Å². The van der Waals surface area contributed by atoms with Gasteiger partial charge in [0.25, 0.3) is 5.91 Å². The van der Waals surface area contributed by atoms with Crippen molar-refractivity contribution in [3.63, 3.8) is 0 Å². The Morgan fingerprint density at radius 1 is 1.25 bits per heavy atom. The number of amides is 2. The zero-order valence-corrected chi connectivity index (χ0v) is 15.7. The first-order chi connectivity index (χ1) is 13.6. The molecule has 2 fully saturated rings. The molecule has 2 aromatic rings. The molecule has 1 saturated carbocycles. The number of carbonyl (C=O) groups excluding carboxylic acids is 2. The van der Waals surface area contributed by atoms with Crippen LogP contribution in [0.15, 0.2) is 48.8 Å². The van der Waals surface area contributed by atoms with Crippen molar-refractivity contribution in [1.29, 1.82) is 0 Å². The Morgan fingerprint density at radius 3 is 2.86 bits per heavy atom. The largest absolute Gasteiger partial charge is 0.352 e. The van der Waals surface area contributed by atoms with Crippen molar-refractivity contribution >= 4 is 17.5 Å². The summed E-state index contributed by atoms with van der Waals surface area (Å²) >= 11 is 0. The maximum Gasteiger partial charge on any atom is 0.251 e. The molecule has 5 nitrogen and oxygen atoms in total. The smallest absolute Gasteiger partial charge is 0.251 e. The van der Waals surface area contributed by atoms with Crippen LogP contribution in [0.4, 0.5) is 10.1 Å². The zero-order valence-electron chi connectivity index (χ0n) is 15.7. The van der Waals surface area contributed by atoms with Gasteiger partial charge in [0.05, 0.1) is 5.41 Å². The highest BCUT2D eigenvalue weighted by molar-refractivity contribution is 6.00. The van der Waals surface area contributed by atoms with E-state index in [9.17, 15) is 14.0 Å². The van der Waals surface area contributed by atoms with Crippen LogP contribution in [-0.4, -0.2) is 29.9 Å². The Kier molecular flexibility index (Phi) is 5.11. The lowest BCUT2D eigenvalue weighted by atomic mass is 9.68. The van der Waals surface area contributed by atoms with Crippen LogP contribution in [-0.2, 0) is 4.79 Å². The van der Waals surface area contributed by atoms with Crippen LogP contribution < -0.4 is 10.2 Å². The van der Waals surface area contributed by atoms with Crippen molar-refractivity contribution in [3.05, 3.63) is 60.2 Å². The molecular formula is C22H24FN3O2. The second kappa shape index (κ2) is 7.70. The minimum absolute atomic E-state index is 0.100. The predicted molar refractivity (Wildman–Crippen MR) is 104 cm³/mol. The van der Waals surface area contributed by atoms with Gasteiger partial charge in [0.2, 0.25) is 5.91 Å². The standard InChI is InChI=1S/C22H24FN3O2/c23-18-4-1-5-19(13-18)26-12-9-22(21(26)28)8-2-3-16(14-22)15-25-20(27)17-6-10-24-11-7-17/h1,4-7,10-11,13,16H,2-3,8-9,12,14-15H2,(H,25,27). The monoisotopic (exact) mass is 381 g/mol. The first kappa shape index (κ1) is 18.6. The van der Waals surface area contributed by atoms with E-state index < -0.39 is 0 Å². The molecule has 2 amide bonds. The molecule has 2 aliphatic rings. The minimum Gasteiger partial charge on any atom is -0.352 e. The van der Waals surface area contributed by atoms with Gasteiger partial charge in [0.15, 0.2) is 0 Å². The molecule has 1 aromatic carbocycles. The molecule has 146 valence electrons. The van der Waals surface area contributed by atoms with E-state index in [4.69, 9.17) is 0 Å². The molecule has 4 rings (SSSR count). The molecule has 6 heteroatoms. The molecule has 0 bridgehead atoms. The van der Waals surface area contributed by atoms with Gasteiger partial charge in [-0.1, -0.05) is 12.5 Å². The van der Waals surface area contributed by atoms with E-state index in [0.29, 0.717) is 24.3 Å². The van der Waals surface area contributed by atoms with Crippen molar-refractivity contribution in [1.82, 2.24) is 10.3 Å². The number of hydrogen-bond donors (Lipinski definition) is 1. The van der Waals surface area contributed by atoms with E-state index >= 15 is 0 Å². The number of nitrogens with one attached hydrogen (secondary N) is 1. The van der Waals surface area contributed by atoms with Gasteiger partial charge < -0.3 is 10.2 Å². The molecule has 1 aliphatic heterocycles. The molecule has 2 unspecified atom stereocenters. The predicted octanol–water partition coefficient (Wildman–Crippen LogP) is 3.56. The molecule has 1 spiro atoms. The fourth-order valence-electron chi connectivity index (χ4n) is 4.63. The van der Waals surface area contributed by atoms with E-state index in [1.54, 1.807) is 41.6 Å². The lowest BCUT2D eigenvalue weighted by Crippen LogP contribution is -2.41. The Hall–Kier alpha value is -2.76. The average Bonchev–Trinajstić information content (AvgIpc) is 3.02. The fourth-order valence-corrected chi connectivity index (χ4v) is 4.63. The summed E-state index contributed by atoms with van der Waals surface area (Å²) in [5.41, 5.74) is 0.848. The Morgan fingerprint density at radius 2 is 2.07 bits per heavy atom. The van der Waals surface area contributed by atoms with Crippen molar-refractivity contribution in [2.24, 2.45) is 11.3 Å². The van der Waals surface area contributed by atoms with Crippen LogP contribution in [0.5, 0.6) is 0 Å². The van der Waals surface area contributed by atoms with Gasteiger partial charge in [-0.05, 0) is 61.9 Å². The molecule has 2 heterocycles. The minimum atomic E-state index is -0.378. The summed E-state index contributed by atoms with van der Waals surface area (Å²) in [7, 11) is 0. The van der Waals surface area contributed by atoms with E-state index in [2.05, 4.69) is 10.3 Å². The lowest BCUT2D eigenvalue weighted by Gasteiger charge is -2.36. The lowest BCUT2D eigenvalue weighted by molar-refractivity contribution is -0.128. The Balaban J connectivity index is 1.40. The number of anilines is 1. The summed E-state index contributed by atoms with van der Waals surface area (Å²) in [5, 5.41) is 3.00. The van der Waals surface area contributed by atoms with E-state index in [0.717, 1.165) is 32.1 Å². The first-order valence-corrected chi connectivity index (χ1v) is 9.83. The number of benzene rings is 1. The normalized spacial score (nSPS) is 24.5. The fraction of sp³-hybridized carbons (Fsp3) is 0.409. The second-order valence-corrected chi connectivity index (χ2v) is 7.88. The van der Waals surface area contributed by atoms with E-state index in [1.807, 2.05) is 0 Å². The average molecular weight is 381 g/mol. The highest BCUT2D eigenvalue weighted by atomic mass is 19.1. The third-order valence-corrected chi connectivity index (χ3v) is 6.07. The Bertz CT molecular complexity index is 873. The molecule has 1 N–H and O–H groups in total. The van der Waals surface area contributed by atoms with Gasteiger partial charge in [-0.15, -0.1) is 0 Å². The highest BCUT2D eigenvalue weighted by Crippen LogP contribution is 2.47. The van der Waals surface area contributed by atoms with Gasteiger partial charge >= 0.3 is 0 Å². The van der Waals surface area contributed by atoms with Crippen molar-refractivity contribution in [2.45, 2.75) is 32.1 Å². The van der Waals surface area contributed by atoms with Crippen LogP contribution >= 0.6 is 0 Å². The maximum atomic E-state index is 13.6. The third kappa shape index (κ3) is 3.63. The number of carbonyl (C=O) groups is 2. The van der Waals surface area contributed by atoms with Gasteiger partial charge in [0, 0.05) is 36.7 Å². The van der Waals surface area contributed by atoms with Crippen molar-refractivity contribution in [3.8, 4) is 0 Å². The number of aromatic nitrogens is 1. The summed E-state index contributed by atoms with van der Waals surface area (Å²) in [6.45, 7) is 1.19. The van der Waals surface area contributed by atoms with Gasteiger partial charge in [-0.3, -0.25) is 14.6 Å². The van der Waals surface area contributed by atoms with Crippen molar-refractivity contribution < 1.29 is 14.0 Å². The zero-order chi connectivity index (χ0) is 19.6. The summed E-state index contributed by atoms with van der Waals surface area (Å²) in [5.74, 6) is -0.0630. The van der Waals surface area contributed by atoms with Crippen LogP contribution in [0.1, 0.15) is 42.5 Å². The highest BCUT2D eigenvalue weighted by Gasteiger charge is 2.49. The summed E-state index contributed by atoms with van der Waals surface area (Å²) < 4.78 is 13.6. The first-order valence-electron chi connectivity index (χ1n) is 9.83. The number of nitrogens with zero attached hydrogens (tertiary/aromatic N) is 2. The number of pyridine rings is 1. The Labute approximate surface area is 164 Å². The van der Waals surface area contributed by atoms with Crippen molar-refractivity contribution in [2.75, 3.05) is 18.0 Å². The molecule has 1 aliphatic carbocycles. The quantitative estimate of drug-likeness (QED) is 0.881. The van der Waals surface area contributed by atoms with Gasteiger partial charge in [-0.2, -0.15) is 0 Å². The van der Waals surface area contributed by atoms with Gasteiger partial charge in [0.1, 0.15) is 5.82 Å². The summed E-state index contributed by atoms with van der Waals surface area (Å²) in [6, 6.07) is 9.62. The van der Waals surface area contributed by atoms with E-state index in [1.165, 1.54) is 12.1 Å². The van der Waals surface area contributed by atoms with Crippen LogP contribution in [0.25, 0.3) is 0 Å². The second-order valence-electron chi connectivity index (χ2n) is 7.88. The molecule has 2 atom stereocenters. The maximum absolute atomic E-state index is 13.6. The summed E-state index contributed by atoms with van der Waals surface area (Å²) in [4.78, 5) is 31.1. The SMILES string of the molecule is O=C(NCC1CCCC2(CCN(c3cccc(F)c3)C2=O)C1)c1ccncc1. The molecule has 0 radical (unpaired) electrons. The molecular weight excluding hydrogens is 357 g/mol. The van der Waals surface area contributed by atoms with Crippen LogP contribution in [0, 0.1) is 17.2 Å². The van der Waals surface area contributed by atoms with Crippen LogP contribution in [0.3, 0.4) is 0 Å².